The van der Waals surface area contributed by atoms with E-state index in [2.05, 4.69) is 0 Å². The molecule has 1 aliphatic carbocycles. The molecule has 0 N–H and O–H groups in total. The van der Waals surface area contributed by atoms with Crippen molar-refractivity contribution in [2.75, 3.05) is 13.2 Å². The maximum Gasteiger partial charge on any atom is 0.321 e. The normalized spacial score (nSPS) is 28.1. The van der Waals surface area contributed by atoms with Crippen molar-refractivity contribution in [2.24, 2.45) is 38.9 Å². The first-order chi connectivity index (χ1) is 30.1. The second kappa shape index (κ2) is 18.9. The molecule has 5 rings (SSSR count). The highest BCUT2D eigenvalue weighted by atomic mass is 127. The molecule has 18 heteroatoms. The van der Waals surface area contributed by atoms with E-state index in [1.165, 1.54) is 12.1 Å². The lowest BCUT2D eigenvalue weighted by Gasteiger charge is -2.48. The molecule has 0 bridgehead atoms. The highest BCUT2D eigenvalue weighted by Crippen LogP contribution is 2.49. The molecule has 0 saturated carbocycles. The third-order valence-electron chi connectivity index (χ3n) is 11.2. The van der Waals surface area contributed by atoms with E-state index in [4.69, 9.17) is 37.9 Å². The fraction of sp³-hybridized carbons (Fsp3) is 0.667. The van der Waals surface area contributed by atoms with Crippen molar-refractivity contribution in [3.05, 3.63) is 47.0 Å². The Morgan fingerprint density at radius 1 is 0.606 bits per heavy atom. The van der Waals surface area contributed by atoms with Gasteiger partial charge in [-0.1, -0.05) is 40.8 Å². The summed E-state index contributed by atoms with van der Waals surface area (Å²) in [6.07, 6.45) is -8.36. The van der Waals surface area contributed by atoms with Crippen molar-refractivity contribution in [2.45, 2.75) is 151 Å². The van der Waals surface area contributed by atoms with Crippen LogP contribution < -0.4 is 0 Å². The molecule has 17 nitrogen and oxygen atoms in total. The summed E-state index contributed by atoms with van der Waals surface area (Å²) >= 11 is 1.88. The highest BCUT2D eigenvalue weighted by Gasteiger charge is 2.61. The van der Waals surface area contributed by atoms with Crippen molar-refractivity contribution in [1.29, 1.82) is 0 Å². The second-order valence-corrected chi connectivity index (χ2v) is 23.6. The Morgan fingerprint density at radius 2 is 1.05 bits per heavy atom. The minimum Gasteiger partial charge on any atom is -0.462 e. The van der Waals surface area contributed by atoms with Crippen molar-refractivity contribution >= 4 is 70.2 Å². The molecule has 0 unspecified atom stereocenters. The van der Waals surface area contributed by atoms with Gasteiger partial charge in [0.05, 0.1) is 50.2 Å². The molecule has 66 heavy (non-hydrogen) atoms. The summed E-state index contributed by atoms with van der Waals surface area (Å²) in [4.78, 5) is 111. The molecular weight excluding hydrogens is 973 g/mol. The lowest BCUT2D eigenvalue weighted by atomic mass is 9.83. The average Bonchev–Trinajstić information content (AvgIpc) is 3.68. The molecule has 2 saturated heterocycles. The number of fused-ring (bicyclic) bond motifs is 2. The molecule has 1 aromatic rings. The first-order valence-electron chi connectivity index (χ1n) is 21.9. The fourth-order valence-electron chi connectivity index (χ4n) is 7.30. The molecule has 1 aromatic carbocycles. The summed E-state index contributed by atoms with van der Waals surface area (Å²) in [5.41, 5.74) is -4.69. The maximum absolute atomic E-state index is 14.0. The summed E-state index contributed by atoms with van der Waals surface area (Å²) in [5, 5.41) is 0. The summed E-state index contributed by atoms with van der Waals surface area (Å²) in [6.45, 7) is 23.3. The number of carbonyl (C=O) groups is 8. The van der Waals surface area contributed by atoms with E-state index in [9.17, 15) is 38.4 Å². The van der Waals surface area contributed by atoms with Gasteiger partial charge in [0.2, 0.25) is 12.6 Å². The second-order valence-electron chi connectivity index (χ2n) is 22.3. The zero-order valence-corrected chi connectivity index (χ0v) is 42.6. The number of cyclic esters (lactones) is 1. The number of nitrogens with zero attached hydrogens (tertiary/aromatic N) is 1. The van der Waals surface area contributed by atoms with Crippen molar-refractivity contribution in [1.82, 2.24) is 4.90 Å². The van der Waals surface area contributed by atoms with E-state index in [0.29, 0.717) is 5.57 Å². The van der Waals surface area contributed by atoms with E-state index in [1.54, 1.807) is 122 Å². The van der Waals surface area contributed by atoms with Gasteiger partial charge in [-0.25, -0.2) is 0 Å². The molecule has 364 valence electrons. The number of halogens is 1. The van der Waals surface area contributed by atoms with Crippen molar-refractivity contribution < 1.29 is 76.3 Å². The van der Waals surface area contributed by atoms with Crippen LogP contribution in [0.1, 0.15) is 125 Å². The van der Waals surface area contributed by atoms with Gasteiger partial charge < -0.3 is 37.9 Å². The van der Waals surface area contributed by atoms with E-state index < -0.39 is 140 Å². The number of ether oxygens (including phenoxy) is 8. The van der Waals surface area contributed by atoms with Crippen LogP contribution in [0.25, 0.3) is 0 Å². The van der Waals surface area contributed by atoms with Gasteiger partial charge in [-0.05, 0) is 122 Å². The first kappa shape index (κ1) is 52.5. The van der Waals surface area contributed by atoms with Gasteiger partial charge in [-0.15, -0.1) is 0 Å². The lowest BCUT2D eigenvalue weighted by molar-refractivity contribution is -0.346. The minimum atomic E-state index is -1.82. The zero-order chi connectivity index (χ0) is 49.8. The van der Waals surface area contributed by atoms with Crippen LogP contribution in [0.4, 0.5) is 0 Å². The fourth-order valence-corrected chi connectivity index (χ4v) is 8.32. The predicted octanol–water partition coefficient (Wildman–Crippen LogP) is 6.30. The third-order valence-corrected chi connectivity index (χ3v) is 12.6. The van der Waals surface area contributed by atoms with Gasteiger partial charge in [0.1, 0.15) is 23.2 Å². The highest BCUT2D eigenvalue weighted by molar-refractivity contribution is 14.1. The summed E-state index contributed by atoms with van der Waals surface area (Å²) in [6, 6.07) is 5.26. The number of imide groups is 1. The largest absolute Gasteiger partial charge is 0.462 e. The monoisotopic (exact) mass is 1040 g/mol. The Bertz CT molecular complexity index is 2110. The van der Waals surface area contributed by atoms with Crippen LogP contribution in [0.3, 0.4) is 0 Å². The van der Waals surface area contributed by atoms with Crippen LogP contribution in [0.15, 0.2) is 35.9 Å². The summed E-state index contributed by atoms with van der Waals surface area (Å²) in [5.74, 6) is -7.57. The van der Waals surface area contributed by atoms with Crippen LogP contribution in [-0.4, -0.2) is 113 Å². The molecule has 0 radical (unpaired) electrons. The first-order valence-corrected chi connectivity index (χ1v) is 23.2. The summed E-state index contributed by atoms with van der Waals surface area (Å²) in [7, 11) is 0. The average molecular weight is 1040 g/mol. The standard InChI is InChI=1S/C48H64INO16/c1-44(2,3)39(54)59-21-23-20-26(50-34(51)24-18-16-17-19-25(24)35(50)52)29-28(23)37(65-36(53)30(29)49)66-38-33(64-43(58)48(13,14)15)32(63-42(57)47(10,11)12)31(62-41(56)46(7,8)9)27(61-38)22-60-40(55)45(4,5)6/h16-20,26-33,37-38H,21-22H2,1-15H3/t26-,27+,28+,29-,30+,31+,32-,33+,37-,38-/m0/s1. The topological polar surface area (TPSA) is 214 Å². The molecule has 2 fully saturated rings. The van der Waals surface area contributed by atoms with Crippen LogP contribution in [0.2, 0.25) is 0 Å². The Labute approximate surface area is 399 Å². The van der Waals surface area contributed by atoms with E-state index >= 15 is 0 Å². The smallest absolute Gasteiger partial charge is 0.321 e. The molecule has 3 aliphatic heterocycles. The van der Waals surface area contributed by atoms with E-state index in [1.807, 2.05) is 22.6 Å². The molecule has 4 aliphatic rings. The van der Waals surface area contributed by atoms with Crippen molar-refractivity contribution in [3.8, 4) is 0 Å². The van der Waals surface area contributed by atoms with Crippen LogP contribution in [0, 0.1) is 38.9 Å². The van der Waals surface area contributed by atoms with Gasteiger partial charge in [-0.3, -0.25) is 43.3 Å². The number of rotatable bonds is 10. The van der Waals surface area contributed by atoms with Gasteiger partial charge in [0.25, 0.3) is 11.8 Å². The van der Waals surface area contributed by atoms with E-state index in [0.717, 1.165) is 4.90 Å². The number of benzene rings is 1. The molecule has 10 atom stereocenters. The SMILES string of the molecule is CC(C)(C)C(=O)OCC1=C[C@H](N2C(=O)c3ccccc3C2=O)[C@H]2[C@@H]1[C@H](O[C@@H]1O[C@H](COC(=O)C(C)(C)C)[C@@H](OC(=O)C(C)(C)C)[C@H](OC(=O)C(C)(C)C)[C@H]1OC(=O)C(C)(C)C)OC(=O)[C@@H]2I. The molecule has 0 aromatic heterocycles. The molecular formula is C48H64INO16. The maximum atomic E-state index is 14.0. The Hall–Kier alpha value is -4.43. The number of hydrogen-bond donors (Lipinski definition) is 0. The summed E-state index contributed by atoms with van der Waals surface area (Å²) < 4.78 is 48.1. The minimum absolute atomic E-state index is 0.172. The number of amides is 2. The van der Waals surface area contributed by atoms with Crippen LogP contribution in [0.5, 0.6) is 0 Å². The molecule has 0 spiro atoms. The quantitative estimate of drug-likeness (QED) is 0.0628. The lowest BCUT2D eigenvalue weighted by Crippen LogP contribution is -2.65. The van der Waals surface area contributed by atoms with Gasteiger partial charge in [-0.2, -0.15) is 0 Å². The van der Waals surface area contributed by atoms with Gasteiger partial charge in [0, 0.05) is 5.92 Å². The molecule has 2 amide bonds. The predicted molar refractivity (Wildman–Crippen MR) is 242 cm³/mol. The molecule has 3 heterocycles. The van der Waals surface area contributed by atoms with Crippen molar-refractivity contribution in [3.63, 3.8) is 0 Å². The third kappa shape index (κ3) is 11.3. The van der Waals surface area contributed by atoms with E-state index in [-0.39, 0.29) is 17.7 Å². The Kier molecular flexibility index (Phi) is 15.1. The van der Waals surface area contributed by atoms with Crippen LogP contribution >= 0.6 is 22.6 Å². The number of alkyl halides is 1. The van der Waals surface area contributed by atoms with Gasteiger partial charge >= 0.3 is 35.8 Å². The zero-order valence-electron chi connectivity index (χ0n) is 40.4. The number of esters is 6. The number of carbonyl (C=O) groups excluding carboxylic acids is 8. The van der Waals surface area contributed by atoms with Crippen LogP contribution in [-0.2, 0) is 66.7 Å². The van der Waals surface area contributed by atoms with Gasteiger partial charge in [0.15, 0.2) is 18.3 Å². The Morgan fingerprint density at radius 3 is 1.52 bits per heavy atom. The number of hydrogen-bond acceptors (Lipinski definition) is 16. The Balaban J connectivity index is 1.67.